The minimum atomic E-state index is -2.88. The van der Waals surface area contributed by atoms with Crippen LogP contribution in [0.5, 0.6) is 0 Å². The SMILES string of the molecule is c1ccc(-c2cc(-c3ccccc3)c(N3c4ccccc4[Si](c4ccccc4)(c4ccccc4)c4ccccc43)cc2N2c3ccccc3C(c3ccccc3)(c3ccccc3)c3ccccc32)cc1. The first-order valence-corrected chi connectivity index (χ1v) is 26.3. The highest BCUT2D eigenvalue weighted by molar-refractivity contribution is 7.21. The first kappa shape index (κ1) is 41.4. The highest BCUT2D eigenvalue weighted by Gasteiger charge is 2.50. The fraction of sp³-hybridized carbons (Fsp3) is 0.0149. The van der Waals surface area contributed by atoms with Crippen molar-refractivity contribution in [2.24, 2.45) is 0 Å². The highest BCUT2D eigenvalue weighted by Crippen LogP contribution is 2.59. The lowest BCUT2D eigenvalue weighted by molar-refractivity contribution is 0.731. The Morgan fingerprint density at radius 2 is 0.571 bits per heavy atom. The van der Waals surface area contributed by atoms with Gasteiger partial charge in [0.25, 0.3) is 0 Å². The van der Waals surface area contributed by atoms with Gasteiger partial charge in [-0.25, -0.2) is 0 Å². The molecule has 2 heterocycles. The molecule has 0 N–H and O–H groups in total. The van der Waals surface area contributed by atoms with E-state index in [1.807, 2.05) is 0 Å². The largest absolute Gasteiger partial charge is 0.310 e. The van der Waals surface area contributed by atoms with Crippen molar-refractivity contribution >= 4 is 62.9 Å². The molecule has 0 amide bonds. The van der Waals surface area contributed by atoms with E-state index in [9.17, 15) is 0 Å². The molecule has 2 nitrogen and oxygen atoms in total. The quantitative estimate of drug-likeness (QED) is 0.140. The summed E-state index contributed by atoms with van der Waals surface area (Å²) >= 11 is 0. The van der Waals surface area contributed by atoms with Gasteiger partial charge in [-0.15, -0.1) is 0 Å². The number of benzene rings is 11. The second-order valence-corrected chi connectivity index (χ2v) is 22.1. The van der Waals surface area contributed by atoms with Crippen LogP contribution in [0.4, 0.5) is 34.1 Å². The third-order valence-corrected chi connectivity index (χ3v) is 19.6. The van der Waals surface area contributed by atoms with Gasteiger partial charge in [0.1, 0.15) is 0 Å². The van der Waals surface area contributed by atoms with Crippen LogP contribution in [-0.4, -0.2) is 8.07 Å². The normalized spacial score (nSPS) is 13.9. The van der Waals surface area contributed by atoms with Crippen LogP contribution in [-0.2, 0) is 5.41 Å². The Morgan fingerprint density at radius 1 is 0.257 bits per heavy atom. The topological polar surface area (TPSA) is 6.48 Å². The number of hydrogen-bond donors (Lipinski definition) is 0. The number of fused-ring (bicyclic) bond motifs is 4. The molecule has 0 saturated carbocycles. The monoisotopic (exact) mass is 908 g/mol. The van der Waals surface area contributed by atoms with E-state index in [0.29, 0.717) is 0 Å². The predicted octanol–water partition coefficient (Wildman–Crippen LogP) is 14.3. The Morgan fingerprint density at radius 3 is 0.986 bits per heavy atom. The lowest BCUT2D eigenvalue weighted by Gasteiger charge is -2.47. The van der Waals surface area contributed by atoms with Crippen LogP contribution in [0.1, 0.15) is 22.3 Å². The molecule has 0 atom stereocenters. The molecule has 70 heavy (non-hydrogen) atoms. The minimum absolute atomic E-state index is 0.598. The van der Waals surface area contributed by atoms with Crippen molar-refractivity contribution in [1.29, 1.82) is 0 Å². The number of para-hydroxylation sites is 4. The van der Waals surface area contributed by atoms with Gasteiger partial charge in [0.15, 0.2) is 8.07 Å². The predicted molar refractivity (Wildman–Crippen MR) is 296 cm³/mol. The molecular weight excluding hydrogens is 861 g/mol. The maximum absolute atomic E-state index is 2.88. The van der Waals surface area contributed by atoms with Crippen LogP contribution >= 0.6 is 0 Å². The Hall–Kier alpha value is -8.76. The summed E-state index contributed by atoms with van der Waals surface area (Å²) in [5.74, 6) is 0. The zero-order chi connectivity index (χ0) is 46.5. The van der Waals surface area contributed by atoms with Crippen LogP contribution in [0, 0.1) is 0 Å². The van der Waals surface area contributed by atoms with E-state index in [-0.39, 0.29) is 0 Å². The Labute approximate surface area is 411 Å². The number of hydrogen-bond acceptors (Lipinski definition) is 2. The Kier molecular flexibility index (Phi) is 10.1. The maximum Gasteiger partial charge on any atom is 0.184 e. The molecule has 11 aromatic carbocycles. The molecule has 3 heteroatoms. The zero-order valence-electron chi connectivity index (χ0n) is 38.6. The third-order valence-electron chi connectivity index (χ3n) is 14.8. The standard InChI is InChI=1S/C67H48N2Si/c1-7-27-49(28-8-1)55-47-56(50-29-9-2-10-30-50)64(69-61-43-23-25-45-65(61)70(53-35-15-5-16-36-53,54-37-17-6-18-38-54)66-46-26-24-44-62(66)69)48-63(55)68-59-41-21-19-39-57(59)67(51-31-11-3-12-32-51,52-33-13-4-14-34-52)58-40-20-22-42-60(58)68/h1-48H. The molecule has 0 aromatic heterocycles. The van der Waals surface area contributed by atoms with Gasteiger partial charge in [-0.1, -0.05) is 255 Å². The van der Waals surface area contributed by atoms with Gasteiger partial charge in [-0.2, -0.15) is 0 Å². The first-order valence-electron chi connectivity index (χ1n) is 24.3. The molecule has 0 unspecified atom stereocenters. The zero-order valence-corrected chi connectivity index (χ0v) is 39.6. The molecule has 0 radical (unpaired) electrons. The van der Waals surface area contributed by atoms with Gasteiger partial charge in [0.05, 0.1) is 28.2 Å². The summed E-state index contributed by atoms with van der Waals surface area (Å²) in [4.78, 5) is 5.15. The second-order valence-electron chi connectivity index (χ2n) is 18.3. The van der Waals surface area contributed by atoms with E-state index in [0.717, 1.165) is 45.0 Å². The average molecular weight is 909 g/mol. The molecule has 2 aliphatic rings. The van der Waals surface area contributed by atoms with Crippen LogP contribution in [0.15, 0.2) is 291 Å². The van der Waals surface area contributed by atoms with E-state index in [2.05, 4.69) is 301 Å². The summed E-state index contributed by atoms with van der Waals surface area (Å²) in [5, 5.41) is 5.46. The molecule has 0 aliphatic carbocycles. The van der Waals surface area contributed by atoms with E-state index in [1.165, 1.54) is 54.4 Å². The second kappa shape index (κ2) is 17.1. The van der Waals surface area contributed by atoms with Gasteiger partial charge in [-0.3, -0.25) is 0 Å². The van der Waals surface area contributed by atoms with E-state index in [4.69, 9.17) is 0 Å². The molecule has 330 valence electrons. The fourth-order valence-electron chi connectivity index (χ4n) is 12.0. The third kappa shape index (κ3) is 6.25. The van der Waals surface area contributed by atoms with Crippen LogP contribution in [0.3, 0.4) is 0 Å². The van der Waals surface area contributed by atoms with Gasteiger partial charge in [-0.05, 0) is 90.5 Å². The summed E-state index contributed by atoms with van der Waals surface area (Å²) in [6.45, 7) is 0. The van der Waals surface area contributed by atoms with Gasteiger partial charge < -0.3 is 9.80 Å². The first-order chi connectivity index (χ1) is 34.8. The van der Waals surface area contributed by atoms with Crippen molar-refractivity contribution in [3.63, 3.8) is 0 Å². The summed E-state index contributed by atoms with van der Waals surface area (Å²) in [5.41, 5.74) is 15.8. The smallest absolute Gasteiger partial charge is 0.184 e. The summed E-state index contributed by atoms with van der Waals surface area (Å²) in [6.07, 6.45) is 0. The number of nitrogens with zero attached hydrogens (tertiary/aromatic N) is 2. The van der Waals surface area contributed by atoms with Crippen LogP contribution < -0.4 is 30.5 Å². The molecule has 0 fully saturated rings. The van der Waals surface area contributed by atoms with Crippen LogP contribution in [0.25, 0.3) is 22.3 Å². The van der Waals surface area contributed by atoms with Crippen molar-refractivity contribution in [3.05, 3.63) is 313 Å². The summed E-state index contributed by atoms with van der Waals surface area (Å²) in [6, 6.07) is 108. The molecule has 11 aromatic rings. The lowest BCUT2D eigenvalue weighted by atomic mass is 9.62. The summed E-state index contributed by atoms with van der Waals surface area (Å²) < 4.78 is 0. The lowest BCUT2D eigenvalue weighted by Crippen LogP contribution is -2.77. The molecule has 13 rings (SSSR count). The highest BCUT2D eigenvalue weighted by atomic mass is 28.3. The van der Waals surface area contributed by atoms with Crippen molar-refractivity contribution in [2.45, 2.75) is 5.41 Å². The molecule has 0 spiro atoms. The van der Waals surface area contributed by atoms with Gasteiger partial charge in [0.2, 0.25) is 0 Å². The molecule has 0 saturated heterocycles. The van der Waals surface area contributed by atoms with E-state index >= 15 is 0 Å². The average Bonchev–Trinajstić information content (AvgIpc) is 3.45. The van der Waals surface area contributed by atoms with Crippen LogP contribution in [0.2, 0.25) is 0 Å². The maximum atomic E-state index is 2.59. The van der Waals surface area contributed by atoms with Crippen molar-refractivity contribution in [2.75, 3.05) is 9.80 Å². The van der Waals surface area contributed by atoms with E-state index < -0.39 is 13.5 Å². The van der Waals surface area contributed by atoms with Gasteiger partial charge in [0, 0.05) is 22.5 Å². The number of anilines is 6. The Balaban J connectivity index is 1.15. The summed E-state index contributed by atoms with van der Waals surface area (Å²) in [7, 11) is -2.88. The van der Waals surface area contributed by atoms with Crippen molar-refractivity contribution in [3.8, 4) is 22.3 Å². The Bertz CT molecular complexity index is 3240. The fourth-order valence-corrected chi connectivity index (χ4v) is 17.1. The molecule has 2 aliphatic heterocycles. The molecule has 0 bridgehead atoms. The van der Waals surface area contributed by atoms with Gasteiger partial charge >= 0.3 is 0 Å². The number of rotatable bonds is 8. The van der Waals surface area contributed by atoms with E-state index in [1.54, 1.807) is 0 Å². The molecular formula is C67H48N2Si. The van der Waals surface area contributed by atoms with Crippen molar-refractivity contribution < 1.29 is 0 Å². The minimum Gasteiger partial charge on any atom is -0.310 e. The van der Waals surface area contributed by atoms with Crippen molar-refractivity contribution in [1.82, 2.24) is 0 Å².